The lowest BCUT2D eigenvalue weighted by Gasteiger charge is -2.32. The molecule has 10 heteroatoms. The molecule has 1 atom stereocenters. The van der Waals surface area contributed by atoms with E-state index in [-0.39, 0.29) is 11.8 Å². The number of piperidine rings is 1. The summed E-state index contributed by atoms with van der Waals surface area (Å²) in [6.45, 7) is 4.54. The summed E-state index contributed by atoms with van der Waals surface area (Å²) in [6.07, 6.45) is 11.1. The van der Waals surface area contributed by atoms with Gasteiger partial charge in [-0.15, -0.1) is 5.10 Å². The molecule has 1 saturated heterocycles. The number of H-pyrrole nitrogens is 1. The van der Waals surface area contributed by atoms with Crippen LogP contribution in [0.2, 0.25) is 0 Å². The van der Waals surface area contributed by atoms with Gasteiger partial charge in [-0.05, 0) is 29.7 Å². The van der Waals surface area contributed by atoms with E-state index in [1.165, 1.54) is 17.2 Å². The van der Waals surface area contributed by atoms with Crippen molar-refractivity contribution in [3.8, 4) is 5.82 Å². The van der Waals surface area contributed by atoms with Gasteiger partial charge in [0.25, 0.3) is 5.91 Å². The molecule has 27 heavy (non-hydrogen) atoms. The van der Waals surface area contributed by atoms with Crippen molar-refractivity contribution >= 4 is 5.91 Å². The first-order chi connectivity index (χ1) is 13.3. The van der Waals surface area contributed by atoms with E-state index in [0.29, 0.717) is 17.9 Å². The van der Waals surface area contributed by atoms with Gasteiger partial charge in [0, 0.05) is 37.9 Å². The molecule has 1 aliphatic heterocycles. The number of aromatic amines is 1. The zero-order valence-corrected chi connectivity index (χ0v) is 15.3. The summed E-state index contributed by atoms with van der Waals surface area (Å²) in [5, 5.41) is 17.9. The molecule has 4 rings (SSSR count). The van der Waals surface area contributed by atoms with Crippen LogP contribution in [0.1, 0.15) is 54.7 Å². The molecule has 0 bridgehead atoms. The van der Waals surface area contributed by atoms with Gasteiger partial charge in [0.15, 0.2) is 5.82 Å². The lowest BCUT2D eigenvalue weighted by molar-refractivity contribution is 0.0703. The summed E-state index contributed by atoms with van der Waals surface area (Å²) in [7, 11) is 0. The molecule has 142 valence electrons. The number of nitrogens with one attached hydrogen (secondary N) is 1. The molecule has 1 N–H and O–H groups in total. The lowest BCUT2D eigenvalue weighted by atomic mass is 9.96. The molecule has 0 aromatic carbocycles. The third-order valence-electron chi connectivity index (χ3n) is 5.00. The highest BCUT2D eigenvalue weighted by molar-refractivity contribution is 5.97. The van der Waals surface area contributed by atoms with Crippen molar-refractivity contribution in [3.05, 3.63) is 36.3 Å². The van der Waals surface area contributed by atoms with Gasteiger partial charge in [-0.1, -0.05) is 13.3 Å². The van der Waals surface area contributed by atoms with Gasteiger partial charge in [0.1, 0.15) is 17.7 Å². The number of likely N-dealkylation sites (tertiary alicyclic amines) is 1. The molecule has 0 unspecified atom stereocenters. The van der Waals surface area contributed by atoms with Crippen molar-refractivity contribution in [2.24, 2.45) is 0 Å². The van der Waals surface area contributed by atoms with Gasteiger partial charge in [-0.3, -0.25) is 9.89 Å². The summed E-state index contributed by atoms with van der Waals surface area (Å²) in [6, 6.07) is 0. The second-order valence-corrected chi connectivity index (χ2v) is 6.81. The minimum absolute atomic E-state index is 0.0642. The smallest absolute Gasteiger partial charge is 0.259 e. The van der Waals surface area contributed by atoms with Crippen LogP contribution in [0.15, 0.2) is 24.9 Å². The van der Waals surface area contributed by atoms with Crippen LogP contribution in [0, 0.1) is 0 Å². The first-order valence-electron chi connectivity index (χ1n) is 9.35. The minimum atomic E-state index is -0.0642. The summed E-state index contributed by atoms with van der Waals surface area (Å²) >= 11 is 0. The predicted molar refractivity (Wildman–Crippen MR) is 96.3 cm³/mol. The van der Waals surface area contributed by atoms with E-state index in [9.17, 15) is 4.79 Å². The monoisotopic (exact) mass is 369 g/mol. The SMILES string of the molecule is CCCCn1ccnc1[C@H]1CCCN(C(=O)c2cn[nH]c2-n2cnnn2)C1. The maximum Gasteiger partial charge on any atom is 0.259 e. The number of aromatic nitrogens is 8. The van der Waals surface area contributed by atoms with Gasteiger partial charge in [-0.2, -0.15) is 9.78 Å². The number of carbonyl (C=O) groups excluding carboxylic acids is 1. The number of hydrogen-bond donors (Lipinski definition) is 1. The number of rotatable bonds is 6. The number of carbonyl (C=O) groups is 1. The van der Waals surface area contributed by atoms with Gasteiger partial charge >= 0.3 is 0 Å². The molecular formula is C17H23N9O. The van der Waals surface area contributed by atoms with Crippen molar-refractivity contribution < 1.29 is 4.79 Å². The summed E-state index contributed by atoms with van der Waals surface area (Å²) in [5.41, 5.74) is 0.470. The van der Waals surface area contributed by atoms with Crippen molar-refractivity contribution in [3.63, 3.8) is 0 Å². The number of imidazole rings is 1. The van der Waals surface area contributed by atoms with E-state index in [1.807, 2.05) is 17.3 Å². The lowest BCUT2D eigenvalue weighted by Crippen LogP contribution is -2.40. The molecule has 3 aromatic rings. The highest BCUT2D eigenvalue weighted by Gasteiger charge is 2.30. The van der Waals surface area contributed by atoms with Crippen LogP contribution in [-0.2, 0) is 6.54 Å². The standard InChI is InChI=1S/C17H23N9O/c1-2-3-7-24-9-6-18-15(24)13-5-4-8-25(11-13)17(27)14-10-19-21-16(14)26-12-20-22-23-26/h6,9-10,12-13H,2-5,7-8,11H2,1H3,(H,19,21)/t13-/m0/s1. The van der Waals surface area contributed by atoms with Crippen LogP contribution in [-0.4, -0.2) is 63.9 Å². The van der Waals surface area contributed by atoms with Crippen LogP contribution < -0.4 is 0 Å². The van der Waals surface area contributed by atoms with E-state index in [2.05, 4.69) is 42.2 Å². The summed E-state index contributed by atoms with van der Waals surface area (Å²) < 4.78 is 3.64. The van der Waals surface area contributed by atoms with Gasteiger partial charge in [-0.25, -0.2) is 4.98 Å². The number of amides is 1. The Hall–Kier alpha value is -3.04. The fourth-order valence-corrected chi connectivity index (χ4v) is 3.62. The van der Waals surface area contributed by atoms with Crippen LogP contribution in [0.4, 0.5) is 0 Å². The fraction of sp³-hybridized carbons (Fsp3) is 0.529. The Morgan fingerprint density at radius 2 is 2.33 bits per heavy atom. The van der Waals surface area contributed by atoms with E-state index < -0.39 is 0 Å². The summed E-state index contributed by atoms with van der Waals surface area (Å²) in [4.78, 5) is 19.6. The average Bonchev–Trinajstić information content (AvgIpc) is 3.46. The van der Waals surface area contributed by atoms with Crippen molar-refractivity contribution in [2.45, 2.75) is 45.1 Å². The van der Waals surface area contributed by atoms with Gasteiger partial charge in [0.2, 0.25) is 0 Å². The summed E-state index contributed by atoms with van der Waals surface area (Å²) in [5.74, 6) is 1.74. The Kier molecular flexibility index (Phi) is 4.95. The maximum atomic E-state index is 13.1. The molecule has 4 heterocycles. The van der Waals surface area contributed by atoms with E-state index >= 15 is 0 Å². The molecular weight excluding hydrogens is 346 g/mol. The first-order valence-corrected chi connectivity index (χ1v) is 9.35. The molecule has 1 fully saturated rings. The predicted octanol–water partition coefficient (Wildman–Crippen LogP) is 1.40. The molecule has 10 nitrogen and oxygen atoms in total. The average molecular weight is 369 g/mol. The third kappa shape index (κ3) is 3.46. The topological polar surface area (TPSA) is 110 Å². The number of hydrogen-bond acceptors (Lipinski definition) is 6. The number of nitrogens with zero attached hydrogens (tertiary/aromatic N) is 8. The third-order valence-corrected chi connectivity index (χ3v) is 5.00. The van der Waals surface area contributed by atoms with E-state index in [0.717, 1.165) is 44.6 Å². The van der Waals surface area contributed by atoms with Crippen molar-refractivity contribution in [1.82, 2.24) is 44.9 Å². The van der Waals surface area contributed by atoms with Crippen LogP contribution in [0.5, 0.6) is 0 Å². The fourth-order valence-electron chi connectivity index (χ4n) is 3.62. The highest BCUT2D eigenvalue weighted by atomic mass is 16.2. The van der Waals surface area contributed by atoms with E-state index in [1.54, 1.807) is 0 Å². The second-order valence-electron chi connectivity index (χ2n) is 6.81. The van der Waals surface area contributed by atoms with E-state index in [4.69, 9.17) is 0 Å². The quantitative estimate of drug-likeness (QED) is 0.703. The highest BCUT2D eigenvalue weighted by Crippen LogP contribution is 2.27. The Labute approximate surface area is 156 Å². The van der Waals surface area contributed by atoms with Gasteiger partial charge in [0.05, 0.1) is 6.20 Å². The van der Waals surface area contributed by atoms with Crippen LogP contribution in [0.3, 0.4) is 0 Å². The molecule has 1 amide bonds. The Bertz CT molecular complexity index is 882. The van der Waals surface area contributed by atoms with Crippen molar-refractivity contribution in [2.75, 3.05) is 13.1 Å². The maximum absolute atomic E-state index is 13.1. The first kappa shape index (κ1) is 17.4. The zero-order valence-electron chi connectivity index (χ0n) is 15.3. The number of unbranched alkanes of at least 4 members (excludes halogenated alkanes) is 1. The normalized spacial score (nSPS) is 17.4. The van der Waals surface area contributed by atoms with Crippen LogP contribution >= 0.6 is 0 Å². The zero-order chi connectivity index (χ0) is 18.6. The second kappa shape index (κ2) is 7.68. The molecule has 0 saturated carbocycles. The van der Waals surface area contributed by atoms with Crippen molar-refractivity contribution in [1.29, 1.82) is 0 Å². The molecule has 3 aromatic heterocycles. The Balaban J connectivity index is 1.52. The van der Waals surface area contributed by atoms with Gasteiger partial charge < -0.3 is 9.47 Å². The molecule has 1 aliphatic rings. The number of tetrazole rings is 1. The largest absolute Gasteiger partial charge is 0.338 e. The Morgan fingerprint density at radius 1 is 1.41 bits per heavy atom. The Morgan fingerprint density at radius 3 is 3.15 bits per heavy atom. The number of aryl methyl sites for hydroxylation is 1. The van der Waals surface area contributed by atoms with Crippen LogP contribution in [0.25, 0.3) is 5.82 Å². The molecule has 0 spiro atoms. The minimum Gasteiger partial charge on any atom is -0.338 e. The molecule has 0 aliphatic carbocycles. The molecule has 0 radical (unpaired) electrons.